The molecule has 0 saturated heterocycles. The number of rotatable bonds is 10. The zero-order chi connectivity index (χ0) is 27.2. The quantitative estimate of drug-likeness (QED) is 0.325. The molecule has 7 nitrogen and oxygen atoms in total. The summed E-state index contributed by atoms with van der Waals surface area (Å²) in [6.07, 6.45) is 1.11. The van der Waals surface area contributed by atoms with Gasteiger partial charge in [0, 0.05) is 28.6 Å². The third-order valence-electron chi connectivity index (χ3n) is 5.75. The molecule has 3 aromatic rings. The fraction of sp³-hybridized carbons (Fsp3) is 0.433. The summed E-state index contributed by atoms with van der Waals surface area (Å²) in [5.41, 5.74) is 10.6. The fourth-order valence-corrected chi connectivity index (χ4v) is 4.10. The molecule has 0 saturated carbocycles. The summed E-state index contributed by atoms with van der Waals surface area (Å²) in [5, 5.41) is 3.78. The molecule has 198 valence electrons. The Bertz CT molecular complexity index is 1240. The number of nitrogens with two attached hydrogens (primary N) is 1. The first kappa shape index (κ1) is 28.0. The number of nitrogens with one attached hydrogen (secondary N) is 1. The Morgan fingerprint density at radius 1 is 1.08 bits per heavy atom. The van der Waals surface area contributed by atoms with Gasteiger partial charge in [0.2, 0.25) is 5.91 Å². The molecule has 2 amide bonds. The Morgan fingerprint density at radius 2 is 1.78 bits per heavy atom. The van der Waals surface area contributed by atoms with E-state index in [2.05, 4.69) is 50.4 Å². The Kier molecular flexibility index (Phi) is 9.14. The van der Waals surface area contributed by atoms with Crippen LogP contribution < -0.4 is 15.8 Å². The predicted octanol–water partition coefficient (Wildman–Crippen LogP) is 6.08. The summed E-state index contributed by atoms with van der Waals surface area (Å²) in [7, 11) is 0. The van der Waals surface area contributed by atoms with Crippen molar-refractivity contribution in [1.82, 2.24) is 10.3 Å². The highest BCUT2D eigenvalue weighted by molar-refractivity contribution is 5.97. The maximum Gasteiger partial charge on any atom is 0.407 e. The van der Waals surface area contributed by atoms with E-state index in [9.17, 15) is 9.59 Å². The van der Waals surface area contributed by atoms with Crippen LogP contribution in [0.15, 0.2) is 42.5 Å². The molecule has 3 N–H and O–H groups in total. The van der Waals surface area contributed by atoms with E-state index in [0.717, 1.165) is 45.3 Å². The van der Waals surface area contributed by atoms with E-state index in [0.29, 0.717) is 24.7 Å². The molecule has 1 aromatic heterocycles. The van der Waals surface area contributed by atoms with Crippen LogP contribution in [0.5, 0.6) is 5.75 Å². The number of fused-ring (bicyclic) bond motifs is 1. The molecule has 1 heterocycles. The van der Waals surface area contributed by atoms with Crippen molar-refractivity contribution in [3.8, 4) is 16.9 Å². The van der Waals surface area contributed by atoms with E-state index < -0.39 is 11.6 Å². The lowest BCUT2D eigenvalue weighted by Gasteiger charge is -2.22. The number of aryl methyl sites for hydroxylation is 1. The van der Waals surface area contributed by atoms with E-state index in [-0.39, 0.29) is 18.9 Å². The first-order valence-electron chi connectivity index (χ1n) is 12.8. The molecule has 0 fully saturated rings. The standard InChI is InChI=1S/C30H39N3O4/c1-19(2)16-26-24(18-37-29(35)33-30(4,5)6)28(21-11-9-20(3)10-12-21)23-17-22(13-14-25(23)32-26)36-15-7-8-27(31)34/h9-14,17,19H,7-8,15-16,18H2,1-6H3,(H2,31,34)(H,33,35). The largest absolute Gasteiger partial charge is 0.494 e. The lowest BCUT2D eigenvalue weighted by atomic mass is 9.91. The number of pyridine rings is 1. The van der Waals surface area contributed by atoms with Crippen LogP contribution in [0.2, 0.25) is 0 Å². The van der Waals surface area contributed by atoms with Gasteiger partial charge in [-0.1, -0.05) is 43.7 Å². The molecule has 7 heteroatoms. The number of primary amides is 1. The van der Waals surface area contributed by atoms with Crippen molar-refractivity contribution >= 4 is 22.9 Å². The van der Waals surface area contributed by atoms with Gasteiger partial charge in [0.1, 0.15) is 12.4 Å². The third-order valence-corrected chi connectivity index (χ3v) is 5.75. The molecule has 0 unspecified atom stereocenters. The van der Waals surface area contributed by atoms with Crippen LogP contribution in [0.3, 0.4) is 0 Å². The first-order valence-corrected chi connectivity index (χ1v) is 12.8. The molecule has 0 spiro atoms. The lowest BCUT2D eigenvalue weighted by Crippen LogP contribution is -2.40. The zero-order valence-electron chi connectivity index (χ0n) is 22.8. The summed E-state index contributed by atoms with van der Waals surface area (Å²) in [5.74, 6) is 0.706. The molecule has 0 aliphatic carbocycles. The van der Waals surface area contributed by atoms with Crippen LogP contribution in [0.25, 0.3) is 22.0 Å². The summed E-state index contributed by atoms with van der Waals surface area (Å²) >= 11 is 0. The first-order chi connectivity index (χ1) is 17.4. The summed E-state index contributed by atoms with van der Waals surface area (Å²) in [6.45, 7) is 12.6. The average Bonchev–Trinajstić information content (AvgIpc) is 2.79. The van der Waals surface area contributed by atoms with E-state index in [1.165, 1.54) is 0 Å². The van der Waals surface area contributed by atoms with Gasteiger partial charge in [0.25, 0.3) is 0 Å². The van der Waals surface area contributed by atoms with E-state index in [4.69, 9.17) is 20.2 Å². The lowest BCUT2D eigenvalue weighted by molar-refractivity contribution is -0.118. The monoisotopic (exact) mass is 505 g/mol. The zero-order valence-corrected chi connectivity index (χ0v) is 22.8. The molecule has 0 aliphatic rings. The third kappa shape index (κ3) is 8.20. The van der Waals surface area contributed by atoms with Crippen molar-refractivity contribution in [2.75, 3.05) is 6.61 Å². The SMILES string of the molecule is Cc1ccc(-c2c(COC(=O)NC(C)(C)C)c(CC(C)C)nc3ccc(OCCCC(N)=O)cc23)cc1. The number of alkyl carbamates (subject to hydrolysis) is 1. The highest BCUT2D eigenvalue weighted by atomic mass is 16.5. The second kappa shape index (κ2) is 12.1. The van der Waals surface area contributed by atoms with Gasteiger partial charge in [-0.25, -0.2) is 4.79 Å². The number of ether oxygens (including phenoxy) is 2. The summed E-state index contributed by atoms with van der Waals surface area (Å²) < 4.78 is 11.7. The molecular weight excluding hydrogens is 466 g/mol. The number of aromatic nitrogens is 1. The van der Waals surface area contributed by atoms with E-state index in [1.54, 1.807) is 0 Å². The fourth-order valence-electron chi connectivity index (χ4n) is 4.10. The van der Waals surface area contributed by atoms with Gasteiger partial charge < -0.3 is 20.5 Å². The van der Waals surface area contributed by atoms with Crippen molar-refractivity contribution in [3.63, 3.8) is 0 Å². The average molecular weight is 506 g/mol. The van der Waals surface area contributed by atoms with Gasteiger partial charge in [0.05, 0.1) is 12.1 Å². The van der Waals surface area contributed by atoms with E-state index >= 15 is 0 Å². The smallest absolute Gasteiger partial charge is 0.407 e. The minimum absolute atomic E-state index is 0.0970. The summed E-state index contributed by atoms with van der Waals surface area (Å²) in [4.78, 5) is 28.6. The number of hydrogen-bond acceptors (Lipinski definition) is 5. The van der Waals surface area contributed by atoms with Crippen molar-refractivity contribution in [1.29, 1.82) is 0 Å². The normalized spacial score (nSPS) is 11.5. The van der Waals surface area contributed by atoms with Crippen molar-refractivity contribution in [3.05, 3.63) is 59.3 Å². The number of carbonyl (C=O) groups excluding carboxylic acids is 2. The van der Waals surface area contributed by atoms with Crippen LogP contribution in [0, 0.1) is 12.8 Å². The maximum absolute atomic E-state index is 12.6. The van der Waals surface area contributed by atoms with Crippen LogP contribution in [-0.4, -0.2) is 29.1 Å². The van der Waals surface area contributed by atoms with Gasteiger partial charge in [-0.15, -0.1) is 0 Å². The Hall–Kier alpha value is -3.61. The van der Waals surface area contributed by atoms with Crippen LogP contribution >= 0.6 is 0 Å². The molecule has 37 heavy (non-hydrogen) atoms. The van der Waals surface area contributed by atoms with E-state index in [1.807, 2.05) is 39.0 Å². The van der Waals surface area contributed by atoms with Gasteiger partial charge >= 0.3 is 6.09 Å². The number of carbonyl (C=O) groups is 2. The minimum Gasteiger partial charge on any atom is -0.494 e. The maximum atomic E-state index is 12.6. The van der Waals surface area contributed by atoms with Crippen LogP contribution in [0.1, 0.15) is 64.3 Å². The Labute approximate surface area is 219 Å². The highest BCUT2D eigenvalue weighted by Gasteiger charge is 2.21. The van der Waals surface area contributed by atoms with Crippen LogP contribution in [-0.2, 0) is 22.6 Å². The Morgan fingerprint density at radius 3 is 2.41 bits per heavy atom. The number of nitrogens with zero attached hydrogens (tertiary/aromatic N) is 1. The highest BCUT2D eigenvalue weighted by Crippen LogP contribution is 2.36. The van der Waals surface area contributed by atoms with Gasteiger partial charge in [-0.3, -0.25) is 9.78 Å². The van der Waals surface area contributed by atoms with Crippen molar-refractivity contribution in [2.24, 2.45) is 11.7 Å². The topological polar surface area (TPSA) is 104 Å². The van der Waals surface area contributed by atoms with Gasteiger partial charge in [-0.05, 0) is 75.8 Å². The molecule has 0 aliphatic heterocycles. The Balaban J connectivity index is 2.11. The van der Waals surface area contributed by atoms with Gasteiger partial charge in [-0.2, -0.15) is 0 Å². The van der Waals surface area contributed by atoms with Gasteiger partial charge in [0.15, 0.2) is 0 Å². The molecular formula is C30H39N3O4. The summed E-state index contributed by atoms with van der Waals surface area (Å²) in [6, 6.07) is 14.1. The van der Waals surface area contributed by atoms with Crippen molar-refractivity contribution in [2.45, 2.75) is 73.0 Å². The minimum atomic E-state index is -0.468. The second-order valence-corrected chi connectivity index (χ2v) is 10.9. The molecule has 0 atom stereocenters. The number of benzene rings is 2. The molecule has 0 radical (unpaired) electrons. The predicted molar refractivity (Wildman–Crippen MR) is 147 cm³/mol. The van der Waals surface area contributed by atoms with Crippen molar-refractivity contribution < 1.29 is 19.1 Å². The van der Waals surface area contributed by atoms with Crippen LogP contribution in [0.4, 0.5) is 4.79 Å². The second-order valence-electron chi connectivity index (χ2n) is 10.9. The number of amides is 2. The molecule has 0 bridgehead atoms. The molecule has 3 rings (SSSR count). The molecule has 2 aromatic carbocycles. The number of hydrogen-bond donors (Lipinski definition) is 2.